The van der Waals surface area contributed by atoms with Gasteiger partial charge in [-0.3, -0.25) is 19.4 Å². The van der Waals surface area contributed by atoms with Crippen molar-refractivity contribution in [2.75, 3.05) is 19.6 Å². The van der Waals surface area contributed by atoms with Crippen molar-refractivity contribution in [2.24, 2.45) is 12.5 Å². The van der Waals surface area contributed by atoms with Crippen LogP contribution in [0.1, 0.15) is 41.6 Å². The highest BCUT2D eigenvalue weighted by atomic mass is 16.2. The molecule has 0 radical (unpaired) electrons. The summed E-state index contributed by atoms with van der Waals surface area (Å²) < 4.78 is 1.43. The molecule has 0 atom stereocenters. The van der Waals surface area contributed by atoms with Gasteiger partial charge in [-0.25, -0.2) is 0 Å². The molecule has 29 heavy (non-hydrogen) atoms. The summed E-state index contributed by atoms with van der Waals surface area (Å²) in [5.74, 6) is 0.173. The summed E-state index contributed by atoms with van der Waals surface area (Å²) in [5, 5.41) is 0. The quantitative estimate of drug-likeness (QED) is 0.796. The highest BCUT2D eigenvalue weighted by Gasteiger charge is 2.41. The zero-order valence-electron chi connectivity index (χ0n) is 16.7. The van der Waals surface area contributed by atoms with Crippen molar-refractivity contribution in [3.63, 3.8) is 0 Å². The molecule has 2 aromatic heterocycles. The SMILES string of the molecule is Cn1cc(C(=O)N2CCC3(CCC(=O)N(Cc4ccncc4)C3)CC2)ccc1=O. The summed E-state index contributed by atoms with van der Waals surface area (Å²) >= 11 is 0. The Bertz CT molecular complexity index is 962. The Morgan fingerprint density at radius 1 is 1.07 bits per heavy atom. The fourth-order valence-electron chi connectivity index (χ4n) is 4.45. The Morgan fingerprint density at radius 2 is 1.79 bits per heavy atom. The highest BCUT2D eigenvalue weighted by Crippen LogP contribution is 2.40. The summed E-state index contributed by atoms with van der Waals surface area (Å²) in [5.41, 5.74) is 1.59. The topological polar surface area (TPSA) is 75.5 Å². The first-order valence-electron chi connectivity index (χ1n) is 10.1. The van der Waals surface area contributed by atoms with E-state index in [0.29, 0.717) is 31.6 Å². The lowest BCUT2D eigenvalue weighted by Crippen LogP contribution is -2.52. The molecule has 2 fully saturated rings. The largest absolute Gasteiger partial charge is 0.339 e. The molecule has 0 N–H and O–H groups in total. The predicted octanol–water partition coefficient (Wildman–Crippen LogP) is 1.83. The van der Waals surface area contributed by atoms with Crippen molar-refractivity contribution in [1.82, 2.24) is 19.4 Å². The molecule has 4 heterocycles. The van der Waals surface area contributed by atoms with Crippen LogP contribution in [0.15, 0.2) is 47.7 Å². The Labute approximate surface area is 170 Å². The lowest BCUT2D eigenvalue weighted by Gasteiger charge is -2.47. The Hall–Kier alpha value is -2.96. The lowest BCUT2D eigenvalue weighted by molar-refractivity contribution is -0.139. The summed E-state index contributed by atoms with van der Waals surface area (Å²) in [4.78, 5) is 44.7. The first-order chi connectivity index (χ1) is 14.0. The molecule has 152 valence electrons. The third kappa shape index (κ3) is 4.09. The maximum absolute atomic E-state index is 12.8. The van der Waals surface area contributed by atoms with E-state index in [2.05, 4.69) is 4.98 Å². The maximum Gasteiger partial charge on any atom is 0.255 e. The summed E-state index contributed by atoms with van der Waals surface area (Å²) in [6.07, 6.45) is 8.35. The first-order valence-corrected chi connectivity index (χ1v) is 10.1. The van der Waals surface area contributed by atoms with Crippen molar-refractivity contribution < 1.29 is 9.59 Å². The minimum Gasteiger partial charge on any atom is -0.339 e. The third-order valence-corrected chi connectivity index (χ3v) is 6.32. The molecule has 2 saturated heterocycles. The van der Waals surface area contributed by atoms with Gasteiger partial charge >= 0.3 is 0 Å². The van der Waals surface area contributed by atoms with E-state index in [4.69, 9.17) is 0 Å². The molecule has 0 aliphatic carbocycles. The number of likely N-dealkylation sites (tertiary alicyclic amines) is 2. The normalized spacial score (nSPS) is 18.9. The minimum atomic E-state index is -0.125. The molecule has 0 unspecified atom stereocenters. The highest BCUT2D eigenvalue weighted by molar-refractivity contribution is 5.94. The van der Waals surface area contributed by atoms with Crippen LogP contribution in [0.2, 0.25) is 0 Å². The second-order valence-corrected chi connectivity index (χ2v) is 8.26. The number of hydrogen-bond acceptors (Lipinski definition) is 4. The maximum atomic E-state index is 12.8. The van der Waals surface area contributed by atoms with E-state index < -0.39 is 0 Å². The van der Waals surface area contributed by atoms with Gasteiger partial charge < -0.3 is 14.4 Å². The molecule has 7 heteroatoms. The van der Waals surface area contributed by atoms with Gasteiger partial charge in [0.25, 0.3) is 5.91 Å². The van der Waals surface area contributed by atoms with Crippen LogP contribution in [-0.2, 0) is 18.4 Å². The lowest BCUT2D eigenvalue weighted by atomic mass is 9.72. The van der Waals surface area contributed by atoms with Crippen molar-refractivity contribution in [3.05, 3.63) is 64.3 Å². The molecule has 0 bridgehead atoms. The van der Waals surface area contributed by atoms with Crippen molar-refractivity contribution in [2.45, 2.75) is 32.2 Å². The minimum absolute atomic E-state index is 0.0315. The van der Waals surface area contributed by atoms with E-state index in [1.165, 1.54) is 10.6 Å². The molecular formula is C22H26N4O3. The Kier molecular flexibility index (Phi) is 5.22. The van der Waals surface area contributed by atoms with E-state index in [1.54, 1.807) is 31.7 Å². The molecule has 2 amide bonds. The number of hydrogen-bond donors (Lipinski definition) is 0. The van der Waals surface area contributed by atoms with Gasteiger partial charge in [0.05, 0.1) is 5.56 Å². The van der Waals surface area contributed by atoms with E-state index in [1.807, 2.05) is 21.9 Å². The van der Waals surface area contributed by atoms with Crippen LogP contribution >= 0.6 is 0 Å². The molecule has 7 nitrogen and oxygen atoms in total. The molecule has 2 aliphatic rings. The van der Waals surface area contributed by atoms with Crippen LogP contribution in [0.25, 0.3) is 0 Å². The smallest absolute Gasteiger partial charge is 0.255 e. The van der Waals surface area contributed by atoms with Gasteiger partial charge in [0.15, 0.2) is 0 Å². The van der Waals surface area contributed by atoms with E-state index in [9.17, 15) is 14.4 Å². The number of amides is 2. The van der Waals surface area contributed by atoms with Crippen molar-refractivity contribution >= 4 is 11.8 Å². The monoisotopic (exact) mass is 394 g/mol. The summed E-state index contributed by atoms with van der Waals surface area (Å²) in [6.45, 7) is 2.72. The third-order valence-electron chi connectivity index (χ3n) is 6.32. The number of rotatable bonds is 3. The molecule has 1 spiro atoms. The fraction of sp³-hybridized carbons (Fsp3) is 0.455. The summed E-state index contributed by atoms with van der Waals surface area (Å²) in [6, 6.07) is 6.93. The fourth-order valence-corrected chi connectivity index (χ4v) is 4.45. The van der Waals surface area contributed by atoms with E-state index >= 15 is 0 Å². The average Bonchev–Trinajstić information content (AvgIpc) is 2.74. The average molecular weight is 394 g/mol. The van der Waals surface area contributed by atoms with Crippen LogP contribution in [0.4, 0.5) is 0 Å². The number of aromatic nitrogens is 2. The van der Waals surface area contributed by atoms with E-state index in [-0.39, 0.29) is 22.8 Å². The van der Waals surface area contributed by atoms with Crippen LogP contribution in [0, 0.1) is 5.41 Å². The molecule has 0 saturated carbocycles. The van der Waals surface area contributed by atoms with Crippen LogP contribution < -0.4 is 5.56 Å². The van der Waals surface area contributed by atoms with Gasteiger partial charge in [0.2, 0.25) is 11.5 Å². The van der Waals surface area contributed by atoms with Gasteiger partial charge in [-0.1, -0.05) is 0 Å². The molecule has 2 aromatic rings. The second kappa shape index (κ2) is 7.81. The van der Waals surface area contributed by atoms with Crippen LogP contribution in [0.5, 0.6) is 0 Å². The van der Waals surface area contributed by atoms with Gasteiger partial charge in [0.1, 0.15) is 0 Å². The number of carbonyl (C=O) groups is 2. The second-order valence-electron chi connectivity index (χ2n) is 8.26. The number of aryl methyl sites for hydroxylation is 1. The number of piperidine rings is 2. The zero-order valence-corrected chi connectivity index (χ0v) is 16.7. The van der Waals surface area contributed by atoms with E-state index in [0.717, 1.165) is 31.4 Å². The molecule has 2 aliphatic heterocycles. The number of nitrogens with zero attached hydrogens (tertiary/aromatic N) is 4. The van der Waals surface area contributed by atoms with Gasteiger partial charge in [-0.05, 0) is 48.4 Å². The predicted molar refractivity (Wildman–Crippen MR) is 108 cm³/mol. The van der Waals surface area contributed by atoms with Crippen LogP contribution in [0.3, 0.4) is 0 Å². The first kappa shape index (κ1) is 19.4. The standard InChI is InChI=1S/C22H26N4O3/c1-24-15-18(2-3-19(24)27)21(29)25-12-8-22(9-13-25)7-4-20(28)26(16-22)14-17-5-10-23-11-6-17/h2-3,5-6,10-11,15H,4,7-9,12-14,16H2,1H3. The molecule has 0 aromatic carbocycles. The van der Waals surface area contributed by atoms with Crippen molar-refractivity contribution in [3.8, 4) is 0 Å². The Balaban J connectivity index is 1.41. The van der Waals surface area contributed by atoms with Gasteiger partial charge in [0, 0.05) is 64.3 Å². The summed E-state index contributed by atoms with van der Waals surface area (Å²) in [7, 11) is 1.65. The zero-order chi connectivity index (χ0) is 20.4. The molecule has 4 rings (SSSR count). The molecular weight excluding hydrogens is 368 g/mol. The van der Waals surface area contributed by atoms with Crippen LogP contribution in [-0.4, -0.2) is 50.8 Å². The Morgan fingerprint density at radius 3 is 2.48 bits per heavy atom. The van der Waals surface area contributed by atoms with Crippen molar-refractivity contribution in [1.29, 1.82) is 0 Å². The number of pyridine rings is 2. The van der Waals surface area contributed by atoms with Gasteiger partial charge in [-0.2, -0.15) is 0 Å². The van der Waals surface area contributed by atoms with Gasteiger partial charge in [-0.15, -0.1) is 0 Å². The number of carbonyl (C=O) groups excluding carboxylic acids is 2.